The molecule has 0 N–H and O–H groups in total. The van der Waals surface area contributed by atoms with E-state index < -0.39 is 60.3 Å². The smallest absolute Gasteiger partial charge is 0.485 e. The molecule has 0 spiro atoms. The van der Waals surface area contributed by atoms with Gasteiger partial charge in [0.25, 0.3) is 0 Å². The van der Waals surface area contributed by atoms with Crippen LogP contribution in [0.1, 0.15) is 11.1 Å². The fraction of sp³-hybridized carbons (Fsp3) is 0.200. The van der Waals surface area contributed by atoms with Gasteiger partial charge >= 0.3 is 39.1 Å². The molecule has 0 atom stereocenters. The third-order valence-electron chi connectivity index (χ3n) is 2.84. The van der Waals surface area contributed by atoms with E-state index in [0.717, 1.165) is 24.3 Å². The fourth-order valence-electron chi connectivity index (χ4n) is 1.53. The van der Waals surface area contributed by atoms with Crippen LogP contribution in [0.4, 0.5) is 39.5 Å². The van der Waals surface area contributed by atoms with Crippen molar-refractivity contribution in [3.63, 3.8) is 0 Å². The summed E-state index contributed by atoms with van der Waals surface area (Å²) in [5.74, 6) is 0. The van der Waals surface area contributed by atoms with Crippen LogP contribution in [-0.2, 0) is 22.5 Å². The zero-order chi connectivity index (χ0) is 22.7. The second-order valence-electron chi connectivity index (χ2n) is 5.00. The molecule has 0 aliphatic carbocycles. The van der Waals surface area contributed by atoms with Gasteiger partial charge in [0.1, 0.15) is 0 Å². The van der Waals surface area contributed by atoms with Crippen molar-refractivity contribution >= 4 is 10.1 Å². The van der Waals surface area contributed by atoms with Crippen molar-refractivity contribution < 1.29 is 73.7 Å². The molecule has 2 aromatic carbocycles. The second kappa shape index (κ2) is 9.07. The molecular weight excluding hydrogens is 558 g/mol. The molecule has 0 saturated carbocycles. The summed E-state index contributed by atoms with van der Waals surface area (Å²) in [4.78, 5) is 0. The molecule has 162 valence electrons. The Morgan fingerprint density at radius 3 is 1.03 bits per heavy atom. The maximum atomic E-state index is 12.4. The van der Waals surface area contributed by atoms with Gasteiger partial charge < -0.3 is 4.55 Å². The van der Waals surface area contributed by atoms with Gasteiger partial charge in [-0.1, -0.05) is 0 Å². The Balaban J connectivity index is 0.000000447. The quantitative estimate of drug-likeness (QED) is 0.242. The Kier molecular flexibility index (Phi) is 7.98. The first-order valence-electron chi connectivity index (χ1n) is 6.93. The van der Waals surface area contributed by atoms with E-state index in [4.69, 9.17) is 13.0 Å². The van der Waals surface area contributed by atoms with E-state index in [1.807, 2.05) is 0 Å². The maximum Gasteiger partial charge on any atom is 0.485 e. The number of rotatable bonds is 2. The van der Waals surface area contributed by atoms with Crippen molar-refractivity contribution in [3.8, 4) is 0 Å². The van der Waals surface area contributed by atoms with Crippen molar-refractivity contribution in [1.82, 2.24) is 0 Å². The van der Waals surface area contributed by atoms with E-state index in [1.54, 1.807) is 0 Å². The van der Waals surface area contributed by atoms with Gasteiger partial charge in [-0.05, 0) is 48.5 Å². The Morgan fingerprint density at radius 1 is 0.621 bits per heavy atom. The van der Waals surface area contributed by atoms with Crippen molar-refractivity contribution in [2.75, 3.05) is 0 Å². The normalized spacial score (nSPS) is 12.9. The van der Waals surface area contributed by atoms with Crippen LogP contribution < -0.4 is 21.2 Å². The topological polar surface area (TPSA) is 57.2 Å². The summed E-state index contributed by atoms with van der Waals surface area (Å²) in [6.45, 7) is 0. The fourth-order valence-corrected chi connectivity index (χ4v) is 3.69. The predicted octanol–water partition coefficient (Wildman–Crippen LogP) is 1.90. The largest absolute Gasteiger partial charge is 0.741 e. The van der Waals surface area contributed by atoms with Gasteiger partial charge in [0.15, 0.2) is 17.3 Å². The molecule has 0 aromatic heterocycles. The van der Waals surface area contributed by atoms with Crippen LogP contribution in [0.3, 0.4) is 0 Å². The third-order valence-corrected chi connectivity index (χ3v) is 6.10. The molecule has 29 heavy (non-hydrogen) atoms. The molecular formula is C15H8F9IO3S. The van der Waals surface area contributed by atoms with E-state index in [0.29, 0.717) is 7.14 Å². The van der Waals surface area contributed by atoms with E-state index in [1.165, 1.54) is 24.3 Å². The first kappa shape index (κ1) is 25.5. The third kappa shape index (κ3) is 8.38. The Bertz CT molecular complexity index is 845. The highest BCUT2D eigenvalue weighted by molar-refractivity contribution is 7.86. The molecule has 0 aliphatic heterocycles. The van der Waals surface area contributed by atoms with Crippen LogP contribution in [0, 0.1) is 7.14 Å². The summed E-state index contributed by atoms with van der Waals surface area (Å²) < 4.78 is 135. The van der Waals surface area contributed by atoms with Crippen LogP contribution in [0.15, 0.2) is 48.5 Å². The second-order valence-corrected chi connectivity index (χ2v) is 9.41. The Labute approximate surface area is 168 Å². The molecule has 0 bridgehead atoms. The molecule has 0 radical (unpaired) electrons. The SMILES string of the molecule is FC(F)(F)c1ccc([I+]c2ccc(C(F)(F)F)cc2)cc1.O=S(=O)([O-])C(F)(F)F. The van der Waals surface area contributed by atoms with Crippen LogP contribution in [0.2, 0.25) is 0 Å². The Hall–Kier alpha value is -1.55. The average Bonchev–Trinajstić information content (AvgIpc) is 2.53. The lowest BCUT2D eigenvalue weighted by Crippen LogP contribution is -3.61. The predicted molar refractivity (Wildman–Crippen MR) is 76.0 cm³/mol. The summed E-state index contributed by atoms with van der Waals surface area (Å²) in [6, 6.07) is 9.42. The number of alkyl halides is 9. The van der Waals surface area contributed by atoms with E-state index in [9.17, 15) is 39.5 Å². The van der Waals surface area contributed by atoms with Crippen molar-refractivity contribution in [2.45, 2.75) is 17.9 Å². The highest BCUT2D eigenvalue weighted by atomic mass is 127. The molecule has 2 rings (SSSR count). The van der Waals surface area contributed by atoms with E-state index >= 15 is 0 Å². The van der Waals surface area contributed by atoms with Gasteiger partial charge in [0, 0.05) is 0 Å². The van der Waals surface area contributed by atoms with Crippen LogP contribution in [-0.4, -0.2) is 18.5 Å². The molecule has 2 aromatic rings. The zero-order valence-electron chi connectivity index (χ0n) is 13.5. The van der Waals surface area contributed by atoms with Crippen molar-refractivity contribution in [3.05, 3.63) is 66.8 Å². The summed E-state index contributed by atoms with van der Waals surface area (Å²) >= 11 is -0.805. The number of benzene rings is 2. The van der Waals surface area contributed by atoms with Crippen LogP contribution in [0.25, 0.3) is 0 Å². The standard InChI is InChI=1S/C14H8F6I.CHF3O3S/c15-13(16,17)9-1-5-11(6-2-9)21-12-7-3-10(4-8-12)14(18,19)20;2-1(3,4)8(5,6)7/h1-8H;(H,5,6,7)/q+1;/p-1. The van der Waals surface area contributed by atoms with Gasteiger partial charge in [0.05, 0.1) is 11.1 Å². The van der Waals surface area contributed by atoms with Gasteiger partial charge in [-0.15, -0.1) is 0 Å². The number of hydrogen-bond acceptors (Lipinski definition) is 3. The molecule has 0 amide bonds. The summed E-state index contributed by atoms with van der Waals surface area (Å²) in [7, 11) is -6.09. The van der Waals surface area contributed by atoms with Crippen LogP contribution >= 0.6 is 0 Å². The number of hydrogen-bond donors (Lipinski definition) is 0. The maximum absolute atomic E-state index is 12.4. The molecule has 3 nitrogen and oxygen atoms in total. The molecule has 0 heterocycles. The summed E-state index contributed by atoms with van der Waals surface area (Å²) in [5.41, 5.74) is -7.11. The number of halogens is 10. The molecule has 0 aliphatic rings. The first-order valence-corrected chi connectivity index (χ1v) is 10.5. The van der Waals surface area contributed by atoms with Gasteiger partial charge in [-0.2, -0.15) is 39.5 Å². The molecule has 0 unspecified atom stereocenters. The first-order chi connectivity index (χ1) is 12.9. The highest BCUT2D eigenvalue weighted by Gasteiger charge is 2.37. The molecule has 14 heteroatoms. The van der Waals surface area contributed by atoms with E-state index in [2.05, 4.69) is 0 Å². The molecule has 0 fully saturated rings. The summed E-state index contributed by atoms with van der Waals surface area (Å²) in [6.07, 6.45) is -8.77. The van der Waals surface area contributed by atoms with Crippen molar-refractivity contribution in [1.29, 1.82) is 0 Å². The van der Waals surface area contributed by atoms with Crippen molar-refractivity contribution in [2.24, 2.45) is 0 Å². The summed E-state index contributed by atoms with van der Waals surface area (Å²) in [5, 5.41) is 0. The molecule has 0 saturated heterocycles. The van der Waals surface area contributed by atoms with Crippen LogP contribution in [0.5, 0.6) is 0 Å². The minimum atomic E-state index is -6.09. The monoisotopic (exact) mass is 566 g/mol. The van der Waals surface area contributed by atoms with Gasteiger partial charge in [-0.3, -0.25) is 0 Å². The average molecular weight is 566 g/mol. The zero-order valence-corrected chi connectivity index (χ0v) is 16.5. The van der Waals surface area contributed by atoms with Gasteiger partial charge in [0.2, 0.25) is 0 Å². The van der Waals surface area contributed by atoms with E-state index in [-0.39, 0.29) is 0 Å². The minimum Gasteiger partial charge on any atom is -0.741 e. The highest BCUT2D eigenvalue weighted by Crippen LogP contribution is 2.29. The minimum absolute atomic E-state index is 0.710. The lowest BCUT2D eigenvalue weighted by atomic mass is 10.2. The lowest BCUT2D eigenvalue weighted by molar-refractivity contribution is -0.597. The van der Waals surface area contributed by atoms with Gasteiger partial charge in [-0.25, -0.2) is 8.42 Å². The Morgan fingerprint density at radius 2 is 0.862 bits per heavy atom. The lowest BCUT2D eigenvalue weighted by Gasteiger charge is -2.08.